The van der Waals surface area contributed by atoms with Crippen molar-refractivity contribution in [1.29, 1.82) is 0 Å². The van der Waals surface area contributed by atoms with E-state index in [1.54, 1.807) is 0 Å². The maximum Gasteiger partial charge on any atom is 0.270 e. The second-order valence-corrected chi connectivity index (χ2v) is 5.84. The standard InChI is InChI=1S/C13H19BrN2O2/c1-15-9-11(14)7-12(15)13(18)16-5-2-3-10(8-16)4-6-17/h7,9-10,17H,2-6,8H2,1H3. The molecule has 100 valence electrons. The molecule has 5 heteroatoms. The van der Waals surface area contributed by atoms with Crippen molar-refractivity contribution in [3.05, 3.63) is 22.4 Å². The van der Waals surface area contributed by atoms with Crippen LogP contribution in [0, 0.1) is 5.92 Å². The van der Waals surface area contributed by atoms with Gasteiger partial charge in [-0.2, -0.15) is 0 Å². The fourth-order valence-corrected chi connectivity index (χ4v) is 3.09. The highest BCUT2D eigenvalue weighted by Gasteiger charge is 2.25. The predicted molar refractivity (Wildman–Crippen MR) is 73.4 cm³/mol. The Kier molecular flexibility index (Phi) is 4.45. The molecule has 1 aromatic heterocycles. The number of nitrogens with zero attached hydrogens (tertiary/aromatic N) is 2. The molecule has 2 rings (SSSR count). The number of piperidine rings is 1. The molecule has 1 saturated heterocycles. The lowest BCUT2D eigenvalue weighted by Crippen LogP contribution is -2.40. The zero-order valence-electron chi connectivity index (χ0n) is 10.6. The number of hydrogen-bond donors (Lipinski definition) is 1. The molecular weight excluding hydrogens is 296 g/mol. The summed E-state index contributed by atoms with van der Waals surface area (Å²) in [5, 5.41) is 8.99. The van der Waals surface area contributed by atoms with Gasteiger partial charge in [0.25, 0.3) is 5.91 Å². The van der Waals surface area contributed by atoms with Crippen molar-refractivity contribution in [3.8, 4) is 0 Å². The highest BCUT2D eigenvalue weighted by molar-refractivity contribution is 9.10. The SMILES string of the molecule is Cn1cc(Br)cc1C(=O)N1CCCC(CCO)C1. The minimum atomic E-state index is 0.0887. The normalized spacial score (nSPS) is 20.2. The van der Waals surface area contributed by atoms with Crippen molar-refractivity contribution in [2.45, 2.75) is 19.3 Å². The Bertz CT molecular complexity index is 429. The van der Waals surface area contributed by atoms with Crippen LogP contribution in [0.15, 0.2) is 16.7 Å². The van der Waals surface area contributed by atoms with E-state index in [0.29, 0.717) is 11.6 Å². The Labute approximate surface area is 116 Å². The first-order valence-electron chi connectivity index (χ1n) is 6.34. The minimum Gasteiger partial charge on any atom is -0.396 e. The Morgan fingerprint density at radius 2 is 2.39 bits per heavy atom. The number of aliphatic hydroxyl groups excluding tert-OH is 1. The van der Waals surface area contributed by atoms with Crippen LogP contribution in [0.1, 0.15) is 29.8 Å². The summed E-state index contributed by atoms with van der Waals surface area (Å²) in [6, 6.07) is 1.86. The molecule has 1 atom stereocenters. The first-order valence-corrected chi connectivity index (χ1v) is 7.13. The van der Waals surface area contributed by atoms with Crippen molar-refractivity contribution in [2.75, 3.05) is 19.7 Å². The summed E-state index contributed by atoms with van der Waals surface area (Å²) in [6.07, 6.45) is 4.83. The molecule has 2 heterocycles. The monoisotopic (exact) mass is 314 g/mol. The number of rotatable bonds is 3. The number of likely N-dealkylation sites (tertiary alicyclic amines) is 1. The molecule has 4 nitrogen and oxygen atoms in total. The minimum absolute atomic E-state index is 0.0887. The van der Waals surface area contributed by atoms with Crippen molar-refractivity contribution >= 4 is 21.8 Å². The molecule has 1 N–H and O–H groups in total. The van der Waals surface area contributed by atoms with Crippen LogP contribution >= 0.6 is 15.9 Å². The van der Waals surface area contributed by atoms with Crippen LogP contribution in [0.25, 0.3) is 0 Å². The zero-order valence-corrected chi connectivity index (χ0v) is 12.2. The maximum absolute atomic E-state index is 12.4. The fourth-order valence-electron chi connectivity index (χ4n) is 2.57. The van der Waals surface area contributed by atoms with Gasteiger partial charge in [-0.1, -0.05) is 0 Å². The van der Waals surface area contributed by atoms with Crippen molar-refractivity contribution in [2.24, 2.45) is 13.0 Å². The first-order chi connectivity index (χ1) is 8.61. The molecule has 0 spiro atoms. The van der Waals surface area contributed by atoms with Gasteiger partial charge in [-0.3, -0.25) is 4.79 Å². The molecule has 1 aliphatic rings. The van der Waals surface area contributed by atoms with E-state index < -0.39 is 0 Å². The van der Waals surface area contributed by atoms with Crippen molar-refractivity contribution in [1.82, 2.24) is 9.47 Å². The van der Waals surface area contributed by atoms with Crippen LogP contribution in [-0.4, -0.2) is 40.2 Å². The second kappa shape index (κ2) is 5.89. The average molecular weight is 315 g/mol. The van der Waals surface area contributed by atoms with E-state index in [9.17, 15) is 4.79 Å². The molecule has 18 heavy (non-hydrogen) atoms. The number of aryl methyl sites for hydroxylation is 1. The molecule has 1 aliphatic heterocycles. The van der Waals surface area contributed by atoms with E-state index in [1.165, 1.54) is 0 Å². The van der Waals surface area contributed by atoms with Crippen molar-refractivity contribution < 1.29 is 9.90 Å². The molecule has 0 bridgehead atoms. The highest BCUT2D eigenvalue weighted by atomic mass is 79.9. The lowest BCUT2D eigenvalue weighted by molar-refractivity contribution is 0.0644. The van der Waals surface area contributed by atoms with Gasteiger partial charge in [0.05, 0.1) is 0 Å². The van der Waals surface area contributed by atoms with E-state index in [-0.39, 0.29) is 12.5 Å². The average Bonchev–Trinajstić information content (AvgIpc) is 2.68. The Morgan fingerprint density at radius 3 is 3.00 bits per heavy atom. The third kappa shape index (κ3) is 2.95. The van der Waals surface area contributed by atoms with E-state index in [0.717, 1.165) is 36.8 Å². The van der Waals surface area contributed by atoms with Crippen LogP contribution in [0.2, 0.25) is 0 Å². The van der Waals surface area contributed by atoms with Crippen LogP contribution in [0.4, 0.5) is 0 Å². The van der Waals surface area contributed by atoms with Gasteiger partial charge in [-0.05, 0) is 47.2 Å². The smallest absolute Gasteiger partial charge is 0.270 e. The van der Waals surface area contributed by atoms with E-state index in [1.807, 2.05) is 28.8 Å². The Balaban J connectivity index is 2.06. The van der Waals surface area contributed by atoms with Crippen LogP contribution in [-0.2, 0) is 7.05 Å². The molecule has 0 radical (unpaired) electrons. The summed E-state index contributed by atoms with van der Waals surface area (Å²) >= 11 is 3.39. The molecule has 1 amide bonds. The third-order valence-corrected chi connectivity index (χ3v) is 3.97. The Morgan fingerprint density at radius 1 is 1.61 bits per heavy atom. The quantitative estimate of drug-likeness (QED) is 0.927. The van der Waals surface area contributed by atoms with Crippen LogP contribution < -0.4 is 0 Å². The number of amides is 1. The van der Waals surface area contributed by atoms with Gasteiger partial charge in [0.2, 0.25) is 0 Å². The molecule has 0 aliphatic carbocycles. The second-order valence-electron chi connectivity index (χ2n) is 4.93. The van der Waals surface area contributed by atoms with Gasteiger partial charge in [0.15, 0.2) is 0 Å². The van der Waals surface area contributed by atoms with E-state index in [4.69, 9.17) is 5.11 Å². The number of halogens is 1. The summed E-state index contributed by atoms with van der Waals surface area (Å²) in [4.78, 5) is 14.3. The molecule has 0 saturated carbocycles. The van der Waals surface area contributed by atoms with Gasteiger partial charge in [0, 0.05) is 37.4 Å². The summed E-state index contributed by atoms with van der Waals surface area (Å²) in [7, 11) is 1.88. The van der Waals surface area contributed by atoms with Gasteiger partial charge in [-0.25, -0.2) is 0 Å². The van der Waals surface area contributed by atoms with Gasteiger partial charge in [0.1, 0.15) is 5.69 Å². The molecule has 1 aromatic rings. The lowest BCUT2D eigenvalue weighted by atomic mass is 9.95. The lowest BCUT2D eigenvalue weighted by Gasteiger charge is -2.32. The highest BCUT2D eigenvalue weighted by Crippen LogP contribution is 2.22. The summed E-state index contributed by atoms with van der Waals surface area (Å²) in [6.45, 7) is 1.80. The number of aromatic nitrogens is 1. The maximum atomic E-state index is 12.4. The van der Waals surface area contributed by atoms with Crippen molar-refractivity contribution in [3.63, 3.8) is 0 Å². The zero-order chi connectivity index (χ0) is 13.1. The number of hydrogen-bond acceptors (Lipinski definition) is 2. The fraction of sp³-hybridized carbons (Fsp3) is 0.615. The first kappa shape index (κ1) is 13.6. The topological polar surface area (TPSA) is 45.5 Å². The predicted octanol–water partition coefficient (Wildman–Crippen LogP) is 2.02. The van der Waals surface area contributed by atoms with Gasteiger partial charge < -0.3 is 14.6 Å². The van der Waals surface area contributed by atoms with E-state index in [2.05, 4.69) is 15.9 Å². The van der Waals surface area contributed by atoms with Crippen LogP contribution in [0.3, 0.4) is 0 Å². The van der Waals surface area contributed by atoms with Gasteiger partial charge >= 0.3 is 0 Å². The Hall–Kier alpha value is -0.810. The molecule has 1 unspecified atom stereocenters. The molecular formula is C13H19BrN2O2. The third-order valence-electron chi connectivity index (χ3n) is 3.53. The van der Waals surface area contributed by atoms with E-state index >= 15 is 0 Å². The molecule has 0 aromatic carbocycles. The summed E-state index contributed by atoms with van der Waals surface area (Å²) in [5.74, 6) is 0.530. The summed E-state index contributed by atoms with van der Waals surface area (Å²) < 4.78 is 2.78. The number of carbonyl (C=O) groups excluding carboxylic acids is 1. The number of aliphatic hydroxyl groups is 1. The number of carbonyl (C=O) groups is 1. The largest absolute Gasteiger partial charge is 0.396 e. The summed E-state index contributed by atoms with van der Waals surface area (Å²) in [5.41, 5.74) is 0.714. The van der Waals surface area contributed by atoms with Gasteiger partial charge in [-0.15, -0.1) is 0 Å². The van der Waals surface area contributed by atoms with Crippen LogP contribution in [0.5, 0.6) is 0 Å². The molecule has 1 fully saturated rings.